The smallest absolute Gasteiger partial charge is 0.238 e. The molecule has 2 aromatic rings. The number of aromatic nitrogens is 4. The quantitative estimate of drug-likeness (QED) is 0.776. The number of anilines is 1. The first-order chi connectivity index (χ1) is 10.6. The fourth-order valence-electron chi connectivity index (χ4n) is 1.57. The summed E-state index contributed by atoms with van der Waals surface area (Å²) in [6.07, 6.45) is 3.10. The first kappa shape index (κ1) is 16.7. The summed E-state index contributed by atoms with van der Waals surface area (Å²) in [6.45, 7) is 2.99. The lowest BCUT2D eigenvalue weighted by Gasteiger charge is -2.11. The predicted octanol–water partition coefficient (Wildman–Crippen LogP) is 2.09. The van der Waals surface area contributed by atoms with E-state index in [1.54, 1.807) is 32.5 Å². The number of halogens is 1. The second-order valence-corrected chi connectivity index (χ2v) is 6.16. The minimum Gasteiger partial charge on any atom is -0.383 e. The van der Waals surface area contributed by atoms with E-state index in [1.165, 1.54) is 18.0 Å². The number of thioether (sulfide) groups is 1. The van der Waals surface area contributed by atoms with E-state index in [-0.39, 0.29) is 11.2 Å². The second kappa shape index (κ2) is 8.11. The molecule has 7 nitrogen and oxygen atoms in total. The highest BCUT2D eigenvalue weighted by molar-refractivity contribution is 8.00. The molecule has 0 aromatic carbocycles. The maximum absolute atomic E-state index is 12.2. The van der Waals surface area contributed by atoms with Gasteiger partial charge in [0.05, 0.1) is 16.9 Å². The van der Waals surface area contributed by atoms with Crippen LogP contribution in [-0.2, 0) is 16.1 Å². The van der Waals surface area contributed by atoms with E-state index in [4.69, 9.17) is 16.3 Å². The monoisotopic (exact) mass is 341 g/mol. The summed E-state index contributed by atoms with van der Waals surface area (Å²) in [5.74, 6) is 0.295. The maximum Gasteiger partial charge on any atom is 0.238 e. The second-order valence-electron chi connectivity index (χ2n) is 4.41. The molecule has 1 atom stereocenters. The number of methoxy groups -OCH3 is 1. The Balaban J connectivity index is 1.93. The molecule has 0 aliphatic rings. The van der Waals surface area contributed by atoms with Gasteiger partial charge in [-0.05, 0) is 19.1 Å². The van der Waals surface area contributed by atoms with E-state index in [1.807, 2.05) is 4.57 Å². The van der Waals surface area contributed by atoms with Crippen molar-refractivity contribution in [2.45, 2.75) is 23.9 Å². The lowest BCUT2D eigenvalue weighted by atomic mass is 10.4. The van der Waals surface area contributed by atoms with E-state index in [0.29, 0.717) is 29.1 Å². The normalized spacial score (nSPS) is 12.1. The van der Waals surface area contributed by atoms with Crippen LogP contribution in [0, 0.1) is 0 Å². The number of nitrogens with zero attached hydrogens (tertiary/aromatic N) is 4. The van der Waals surface area contributed by atoms with Gasteiger partial charge in [-0.2, -0.15) is 0 Å². The highest BCUT2D eigenvalue weighted by Crippen LogP contribution is 2.22. The number of hydrogen-bond acceptors (Lipinski definition) is 6. The van der Waals surface area contributed by atoms with Crippen LogP contribution >= 0.6 is 23.4 Å². The Morgan fingerprint density at radius 1 is 1.55 bits per heavy atom. The van der Waals surface area contributed by atoms with Crippen LogP contribution in [0.3, 0.4) is 0 Å². The fraction of sp³-hybridized carbons (Fsp3) is 0.385. The van der Waals surface area contributed by atoms with Crippen molar-refractivity contribution in [2.24, 2.45) is 0 Å². The van der Waals surface area contributed by atoms with Crippen LogP contribution in [0.15, 0.2) is 29.8 Å². The van der Waals surface area contributed by atoms with E-state index in [9.17, 15) is 4.79 Å². The van der Waals surface area contributed by atoms with Gasteiger partial charge in [0, 0.05) is 19.9 Å². The van der Waals surface area contributed by atoms with Gasteiger partial charge in [-0.1, -0.05) is 23.4 Å². The number of carbonyl (C=O) groups excluding carboxylic acids is 1. The molecule has 1 N–H and O–H groups in total. The molecule has 0 fully saturated rings. The Labute approximate surface area is 137 Å². The average molecular weight is 342 g/mol. The number of amides is 1. The summed E-state index contributed by atoms with van der Waals surface area (Å²) in [5.41, 5.74) is 0. The molecule has 0 aliphatic carbocycles. The van der Waals surface area contributed by atoms with Crippen molar-refractivity contribution in [1.82, 2.24) is 19.7 Å². The number of carbonyl (C=O) groups is 1. The maximum atomic E-state index is 12.2. The van der Waals surface area contributed by atoms with Gasteiger partial charge in [-0.3, -0.25) is 4.79 Å². The zero-order valence-electron chi connectivity index (χ0n) is 12.2. The van der Waals surface area contributed by atoms with Crippen molar-refractivity contribution < 1.29 is 9.53 Å². The lowest BCUT2D eigenvalue weighted by Crippen LogP contribution is -2.23. The highest BCUT2D eigenvalue weighted by Gasteiger charge is 2.18. The zero-order valence-corrected chi connectivity index (χ0v) is 13.8. The molecule has 0 saturated carbocycles. The van der Waals surface area contributed by atoms with E-state index in [2.05, 4.69) is 20.5 Å². The Bertz CT molecular complexity index is 619. The molecule has 0 saturated heterocycles. The molecule has 2 rings (SSSR count). The standard InChI is InChI=1S/C13H16ClN5O2S/c1-9(12(20)17-11-4-3-10(14)7-15-11)22-13-18-16-8-19(13)5-6-21-2/h3-4,7-9H,5-6H2,1-2H3,(H,15,17,20). The first-order valence-corrected chi connectivity index (χ1v) is 7.81. The topological polar surface area (TPSA) is 81.9 Å². The molecule has 0 radical (unpaired) electrons. The third-order valence-electron chi connectivity index (χ3n) is 2.75. The van der Waals surface area contributed by atoms with E-state index in [0.717, 1.165) is 0 Å². The largest absolute Gasteiger partial charge is 0.383 e. The Morgan fingerprint density at radius 2 is 2.36 bits per heavy atom. The van der Waals surface area contributed by atoms with Crippen LogP contribution < -0.4 is 5.32 Å². The van der Waals surface area contributed by atoms with Gasteiger partial charge in [0.25, 0.3) is 0 Å². The zero-order chi connectivity index (χ0) is 15.9. The van der Waals surface area contributed by atoms with Gasteiger partial charge in [-0.25, -0.2) is 4.98 Å². The van der Waals surface area contributed by atoms with Crippen LogP contribution in [0.25, 0.3) is 0 Å². The summed E-state index contributed by atoms with van der Waals surface area (Å²) < 4.78 is 6.87. The predicted molar refractivity (Wildman–Crippen MR) is 85.1 cm³/mol. The molecule has 2 aromatic heterocycles. The van der Waals surface area contributed by atoms with Crippen molar-refractivity contribution in [2.75, 3.05) is 19.0 Å². The van der Waals surface area contributed by atoms with Crippen molar-refractivity contribution in [3.63, 3.8) is 0 Å². The Morgan fingerprint density at radius 3 is 3.05 bits per heavy atom. The van der Waals surface area contributed by atoms with Crippen LogP contribution in [0.1, 0.15) is 6.92 Å². The van der Waals surface area contributed by atoms with Gasteiger partial charge in [0.1, 0.15) is 12.1 Å². The minimum absolute atomic E-state index is 0.166. The third kappa shape index (κ3) is 4.69. The molecule has 0 spiro atoms. The molecule has 118 valence electrons. The molecule has 22 heavy (non-hydrogen) atoms. The van der Waals surface area contributed by atoms with Crippen LogP contribution in [-0.4, -0.2) is 44.6 Å². The molecule has 1 unspecified atom stereocenters. The number of rotatable bonds is 7. The number of ether oxygens (including phenoxy) is 1. The molecule has 0 aliphatic heterocycles. The molecule has 0 bridgehead atoms. The number of nitrogens with one attached hydrogen (secondary N) is 1. The van der Waals surface area contributed by atoms with Gasteiger partial charge < -0.3 is 14.6 Å². The number of pyridine rings is 1. The Kier molecular flexibility index (Phi) is 6.17. The first-order valence-electron chi connectivity index (χ1n) is 6.56. The van der Waals surface area contributed by atoms with E-state index < -0.39 is 0 Å². The molecular weight excluding hydrogens is 326 g/mol. The summed E-state index contributed by atoms with van der Waals surface area (Å²) >= 11 is 7.08. The summed E-state index contributed by atoms with van der Waals surface area (Å²) in [6, 6.07) is 3.32. The lowest BCUT2D eigenvalue weighted by molar-refractivity contribution is -0.115. The van der Waals surface area contributed by atoms with Crippen molar-refractivity contribution in [3.8, 4) is 0 Å². The minimum atomic E-state index is -0.344. The average Bonchev–Trinajstić information content (AvgIpc) is 2.94. The van der Waals surface area contributed by atoms with E-state index >= 15 is 0 Å². The van der Waals surface area contributed by atoms with Crippen molar-refractivity contribution in [1.29, 1.82) is 0 Å². The number of hydrogen-bond donors (Lipinski definition) is 1. The molecular formula is C13H16ClN5O2S. The molecule has 1 amide bonds. The fourth-order valence-corrected chi connectivity index (χ4v) is 2.53. The van der Waals surface area contributed by atoms with Gasteiger partial charge in [0.2, 0.25) is 5.91 Å². The summed E-state index contributed by atoms with van der Waals surface area (Å²) in [4.78, 5) is 16.2. The van der Waals surface area contributed by atoms with Crippen LogP contribution in [0.5, 0.6) is 0 Å². The van der Waals surface area contributed by atoms with Gasteiger partial charge in [0.15, 0.2) is 5.16 Å². The van der Waals surface area contributed by atoms with Crippen LogP contribution in [0.4, 0.5) is 5.82 Å². The summed E-state index contributed by atoms with van der Waals surface area (Å²) in [5, 5.41) is 11.5. The third-order valence-corrected chi connectivity index (χ3v) is 4.06. The molecule has 9 heteroatoms. The van der Waals surface area contributed by atoms with Crippen molar-refractivity contribution >= 4 is 35.1 Å². The van der Waals surface area contributed by atoms with Crippen molar-refractivity contribution in [3.05, 3.63) is 29.7 Å². The van der Waals surface area contributed by atoms with Crippen LogP contribution in [0.2, 0.25) is 5.02 Å². The SMILES string of the molecule is COCCn1cnnc1SC(C)C(=O)Nc1ccc(Cl)cn1. The van der Waals surface area contributed by atoms with Gasteiger partial charge in [-0.15, -0.1) is 10.2 Å². The Hall–Kier alpha value is -1.64. The molecule has 2 heterocycles. The summed E-state index contributed by atoms with van der Waals surface area (Å²) in [7, 11) is 1.63. The van der Waals surface area contributed by atoms with Gasteiger partial charge >= 0.3 is 0 Å². The highest BCUT2D eigenvalue weighted by atomic mass is 35.5.